The predicted molar refractivity (Wildman–Crippen MR) is 105 cm³/mol. The second kappa shape index (κ2) is 8.71. The maximum atomic E-state index is 13.1. The lowest BCUT2D eigenvalue weighted by Gasteiger charge is -2.31. The number of benzene rings is 1. The third-order valence-electron chi connectivity index (χ3n) is 4.75. The molecule has 1 aliphatic rings. The number of rotatable bonds is 6. The molecule has 3 rings (SSSR count). The Bertz CT molecular complexity index is 946. The van der Waals surface area contributed by atoms with Gasteiger partial charge in [-0.1, -0.05) is 0 Å². The highest BCUT2D eigenvalue weighted by atomic mass is 79.9. The zero-order valence-corrected chi connectivity index (χ0v) is 17.8. The molecule has 1 aromatic carbocycles. The van der Waals surface area contributed by atoms with E-state index in [1.807, 2.05) is 13.1 Å². The van der Waals surface area contributed by atoms with E-state index in [4.69, 9.17) is 0 Å². The van der Waals surface area contributed by atoms with Gasteiger partial charge in [0, 0.05) is 25.8 Å². The molecule has 1 amide bonds. The average molecular weight is 473 g/mol. The quantitative estimate of drug-likeness (QED) is 0.699. The molecule has 0 saturated carbocycles. The molecular formula is C18H22BrFN4O3S. The number of amides is 1. The molecule has 10 heteroatoms. The van der Waals surface area contributed by atoms with Crippen LogP contribution in [0.15, 0.2) is 39.8 Å². The Kier molecular flexibility index (Phi) is 6.51. The van der Waals surface area contributed by atoms with Crippen LogP contribution in [0.3, 0.4) is 0 Å². The standard InChI is InChI=1S/C18H22BrFN4O3S/c1-2-23-12-16(19)17(22-23)10-21-18(25)13-4-3-9-24(11-13)28(26,27)15-7-5-14(20)6-8-15/h5-8,12-13H,2-4,9-11H2,1H3,(H,21,25). The van der Waals surface area contributed by atoms with Gasteiger partial charge in [0.25, 0.3) is 0 Å². The lowest BCUT2D eigenvalue weighted by Crippen LogP contribution is -2.45. The van der Waals surface area contributed by atoms with Gasteiger partial charge in [-0.3, -0.25) is 9.48 Å². The number of piperidine rings is 1. The summed E-state index contributed by atoms with van der Waals surface area (Å²) in [5.41, 5.74) is 0.724. The molecule has 0 spiro atoms. The number of aryl methyl sites for hydroxylation is 1. The van der Waals surface area contributed by atoms with E-state index in [1.165, 1.54) is 16.4 Å². The second-order valence-corrected chi connectivity index (χ2v) is 9.45. The van der Waals surface area contributed by atoms with Gasteiger partial charge >= 0.3 is 0 Å². The first-order valence-corrected chi connectivity index (χ1v) is 11.3. The molecule has 0 radical (unpaired) electrons. The summed E-state index contributed by atoms with van der Waals surface area (Å²) in [5, 5.41) is 7.21. The van der Waals surface area contributed by atoms with Crippen LogP contribution in [0.25, 0.3) is 0 Å². The number of nitrogens with zero attached hydrogens (tertiary/aromatic N) is 3. The Balaban J connectivity index is 1.64. The highest BCUT2D eigenvalue weighted by Crippen LogP contribution is 2.24. The number of sulfonamides is 1. The summed E-state index contributed by atoms with van der Waals surface area (Å²) in [6, 6.07) is 4.73. The highest BCUT2D eigenvalue weighted by molar-refractivity contribution is 9.10. The molecule has 2 heterocycles. The van der Waals surface area contributed by atoms with Crippen molar-refractivity contribution < 1.29 is 17.6 Å². The minimum Gasteiger partial charge on any atom is -0.350 e. The Morgan fingerprint density at radius 1 is 1.36 bits per heavy atom. The molecule has 0 bridgehead atoms. The maximum Gasteiger partial charge on any atom is 0.243 e. The molecular weight excluding hydrogens is 451 g/mol. The monoisotopic (exact) mass is 472 g/mol. The normalized spacial score (nSPS) is 18.2. The smallest absolute Gasteiger partial charge is 0.243 e. The summed E-state index contributed by atoms with van der Waals surface area (Å²) in [6.45, 7) is 3.42. The molecule has 1 aliphatic heterocycles. The van der Waals surface area contributed by atoms with Gasteiger partial charge in [-0.25, -0.2) is 12.8 Å². The second-order valence-electron chi connectivity index (χ2n) is 6.65. The van der Waals surface area contributed by atoms with Gasteiger partial charge in [-0.05, 0) is 60.0 Å². The average Bonchev–Trinajstić information content (AvgIpc) is 3.06. The fraction of sp³-hybridized carbons (Fsp3) is 0.444. The van der Waals surface area contributed by atoms with Crippen molar-refractivity contribution in [3.05, 3.63) is 46.4 Å². The summed E-state index contributed by atoms with van der Waals surface area (Å²) in [4.78, 5) is 12.6. The zero-order chi connectivity index (χ0) is 20.3. The van der Waals surface area contributed by atoms with Gasteiger partial charge in [-0.2, -0.15) is 9.40 Å². The summed E-state index contributed by atoms with van der Waals surface area (Å²) in [5.74, 6) is -1.13. The fourth-order valence-corrected chi connectivity index (χ4v) is 5.14. The van der Waals surface area contributed by atoms with Crippen molar-refractivity contribution in [2.24, 2.45) is 5.92 Å². The van der Waals surface area contributed by atoms with Crippen molar-refractivity contribution >= 4 is 31.9 Å². The van der Waals surface area contributed by atoms with E-state index in [-0.39, 0.29) is 23.9 Å². The van der Waals surface area contributed by atoms with E-state index in [0.29, 0.717) is 19.4 Å². The Hall–Kier alpha value is -1.78. The first kappa shape index (κ1) is 20.9. The van der Waals surface area contributed by atoms with Gasteiger partial charge in [0.15, 0.2) is 0 Å². The van der Waals surface area contributed by atoms with Crippen molar-refractivity contribution in [2.45, 2.75) is 37.8 Å². The Morgan fingerprint density at radius 2 is 2.07 bits per heavy atom. The maximum absolute atomic E-state index is 13.1. The van der Waals surface area contributed by atoms with Gasteiger partial charge < -0.3 is 5.32 Å². The Labute approximate surface area is 172 Å². The summed E-state index contributed by atoms with van der Waals surface area (Å²) < 4.78 is 42.5. The number of carbonyl (C=O) groups excluding carboxylic acids is 1. The van der Waals surface area contributed by atoms with E-state index in [1.54, 1.807) is 4.68 Å². The van der Waals surface area contributed by atoms with Gasteiger partial charge in [0.05, 0.1) is 27.5 Å². The van der Waals surface area contributed by atoms with Gasteiger partial charge in [-0.15, -0.1) is 0 Å². The lowest BCUT2D eigenvalue weighted by molar-refractivity contribution is -0.126. The number of carbonyl (C=O) groups is 1. The third kappa shape index (κ3) is 4.61. The molecule has 1 aromatic heterocycles. The van der Waals surface area contributed by atoms with E-state index in [0.717, 1.165) is 28.8 Å². The number of hydrogen-bond donors (Lipinski definition) is 1. The SMILES string of the molecule is CCn1cc(Br)c(CNC(=O)C2CCCN(S(=O)(=O)c3ccc(F)cc3)C2)n1. The summed E-state index contributed by atoms with van der Waals surface area (Å²) >= 11 is 3.42. The first-order valence-electron chi connectivity index (χ1n) is 9.06. The van der Waals surface area contributed by atoms with Crippen LogP contribution < -0.4 is 5.32 Å². The number of halogens is 2. The first-order chi connectivity index (χ1) is 13.3. The molecule has 1 fully saturated rings. The summed E-state index contributed by atoms with van der Waals surface area (Å²) in [6.07, 6.45) is 3.05. The molecule has 0 aliphatic carbocycles. The number of aromatic nitrogens is 2. The molecule has 2 aromatic rings. The van der Waals surface area contributed by atoms with E-state index < -0.39 is 21.8 Å². The lowest BCUT2D eigenvalue weighted by atomic mass is 9.99. The van der Waals surface area contributed by atoms with Crippen molar-refractivity contribution in [1.82, 2.24) is 19.4 Å². The van der Waals surface area contributed by atoms with Crippen LogP contribution in [0.1, 0.15) is 25.5 Å². The molecule has 1 N–H and O–H groups in total. The van der Waals surface area contributed by atoms with Gasteiger partial charge in [0.1, 0.15) is 5.82 Å². The molecule has 1 saturated heterocycles. The molecule has 1 unspecified atom stereocenters. The van der Waals surface area contributed by atoms with Crippen molar-refractivity contribution in [3.8, 4) is 0 Å². The number of hydrogen-bond acceptors (Lipinski definition) is 4. The number of nitrogens with one attached hydrogen (secondary N) is 1. The largest absolute Gasteiger partial charge is 0.350 e. The van der Waals surface area contributed by atoms with Crippen LogP contribution in [-0.2, 0) is 27.9 Å². The predicted octanol–water partition coefficient (Wildman–Crippen LogP) is 2.52. The van der Waals surface area contributed by atoms with Gasteiger partial charge in [0.2, 0.25) is 15.9 Å². The zero-order valence-electron chi connectivity index (χ0n) is 15.4. The van der Waals surface area contributed by atoms with E-state index in [2.05, 4.69) is 26.3 Å². The van der Waals surface area contributed by atoms with Crippen LogP contribution in [0.4, 0.5) is 4.39 Å². The molecule has 1 atom stereocenters. The fourth-order valence-electron chi connectivity index (χ4n) is 3.16. The topological polar surface area (TPSA) is 84.3 Å². The van der Waals surface area contributed by atoms with Crippen LogP contribution in [-0.4, -0.2) is 41.5 Å². The molecule has 28 heavy (non-hydrogen) atoms. The van der Waals surface area contributed by atoms with E-state index >= 15 is 0 Å². The molecule has 152 valence electrons. The highest BCUT2D eigenvalue weighted by Gasteiger charge is 2.33. The minimum absolute atomic E-state index is 0.0315. The summed E-state index contributed by atoms with van der Waals surface area (Å²) in [7, 11) is -3.76. The molecule has 7 nitrogen and oxygen atoms in total. The van der Waals surface area contributed by atoms with E-state index in [9.17, 15) is 17.6 Å². The minimum atomic E-state index is -3.76. The Morgan fingerprint density at radius 3 is 2.71 bits per heavy atom. The third-order valence-corrected chi connectivity index (χ3v) is 7.29. The van der Waals surface area contributed by atoms with Crippen LogP contribution in [0.2, 0.25) is 0 Å². The van der Waals surface area contributed by atoms with Crippen LogP contribution in [0, 0.1) is 11.7 Å². The van der Waals surface area contributed by atoms with Crippen molar-refractivity contribution in [1.29, 1.82) is 0 Å². The van der Waals surface area contributed by atoms with Crippen molar-refractivity contribution in [2.75, 3.05) is 13.1 Å². The van der Waals surface area contributed by atoms with Crippen molar-refractivity contribution in [3.63, 3.8) is 0 Å². The van der Waals surface area contributed by atoms with Crippen LogP contribution >= 0.6 is 15.9 Å². The van der Waals surface area contributed by atoms with Crippen LogP contribution in [0.5, 0.6) is 0 Å².